The molecule has 0 spiro atoms. The van der Waals surface area contributed by atoms with Crippen molar-refractivity contribution < 1.29 is 32.6 Å². The number of carbonyl (C=O) groups is 2. The number of hydrogen-bond donors (Lipinski definition) is 2. The van der Waals surface area contributed by atoms with Crippen LogP contribution in [0.15, 0.2) is 24.3 Å². The van der Waals surface area contributed by atoms with Gasteiger partial charge in [0.2, 0.25) is 0 Å². The molecule has 19 heavy (non-hydrogen) atoms. The highest BCUT2D eigenvalue weighted by Gasteiger charge is 2.31. The standard InChI is InChI=1S/C11H10F3NO4/c1-6(10(17)18)15-9(16)7-2-4-8(5-3-7)19-11(12,13)14/h2-6H,1H3,(H,15,16)(H,17,18)/t6-/m0/s1. The zero-order valence-corrected chi connectivity index (χ0v) is 9.69. The highest BCUT2D eigenvalue weighted by molar-refractivity contribution is 5.96. The van der Waals surface area contributed by atoms with E-state index in [-0.39, 0.29) is 5.56 Å². The minimum absolute atomic E-state index is 0.0302. The average molecular weight is 277 g/mol. The Morgan fingerprint density at radius 2 is 1.79 bits per heavy atom. The molecule has 0 saturated heterocycles. The smallest absolute Gasteiger partial charge is 0.480 e. The normalized spacial score (nSPS) is 12.6. The van der Waals surface area contributed by atoms with Crippen LogP contribution in [-0.4, -0.2) is 29.4 Å². The Kier molecular flexibility index (Phi) is 4.36. The van der Waals surface area contributed by atoms with Crippen molar-refractivity contribution in [2.75, 3.05) is 0 Å². The van der Waals surface area contributed by atoms with Gasteiger partial charge >= 0.3 is 12.3 Å². The molecule has 0 unspecified atom stereocenters. The van der Waals surface area contributed by atoms with Crippen molar-refractivity contribution in [2.45, 2.75) is 19.3 Å². The molecule has 0 aromatic heterocycles. The summed E-state index contributed by atoms with van der Waals surface area (Å²) in [5, 5.41) is 10.8. The summed E-state index contributed by atoms with van der Waals surface area (Å²) < 4.78 is 39.3. The van der Waals surface area contributed by atoms with Crippen molar-refractivity contribution in [1.82, 2.24) is 5.32 Å². The minimum atomic E-state index is -4.80. The predicted octanol–water partition coefficient (Wildman–Crippen LogP) is 1.79. The van der Waals surface area contributed by atoms with Crippen molar-refractivity contribution in [3.63, 3.8) is 0 Å². The maximum Gasteiger partial charge on any atom is 0.573 e. The Morgan fingerprint density at radius 3 is 2.21 bits per heavy atom. The largest absolute Gasteiger partial charge is 0.573 e. The Labute approximate surface area is 106 Å². The van der Waals surface area contributed by atoms with Crippen molar-refractivity contribution in [1.29, 1.82) is 0 Å². The number of amides is 1. The zero-order valence-electron chi connectivity index (χ0n) is 9.69. The van der Waals surface area contributed by atoms with Crippen molar-refractivity contribution in [2.24, 2.45) is 0 Å². The quantitative estimate of drug-likeness (QED) is 0.879. The van der Waals surface area contributed by atoms with Crippen LogP contribution in [0.4, 0.5) is 13.2 Å². The molecular formula is C11H10F3NO4. The fourth-order valence-electron chi connectivity index (χ4n) is 1.15. The number of hydrogen-bond acceptors (Lipinski definition) is 3. The predicted molar refractivity (Wildman–Crippen MR) is 57.7 cm³/mol. The van der Waals surface area contributed by atoms with Gasteiger partial charge in [-0.1, -0.05) is 0 Å². The third kappa shape index (κ3) is 4.86. The zero-order chi connectivity index (χ0) is 14.6. The number of carbonyl (C=O) groups excluding carboxylic acids is 1. The molecule has 0 bridgehead atoms. The number of benzene rings is 1. The van der Waals surface area contributed by atoms with E-state index < -0.39 is 30.0 Å². The number of alkyl halides is 3. The number of halogens is 3. The molecular weight excluding hydrogens is 267 g/mol. The lowest BCUT2D eigenvalue weighted by Gasteiger charge is -2.11. The van der Waals surface area contributed by atoms with Crippen LogP contribution in [0.2, 0.25) is 0 Å². The van der Waals surface area contributed by atoms with Gasteiger partial charge in [0.1, 0.15) is 11.8 Å². The molecule has 1 amide bonds. The number of nitrogens with one attached hydrogen (secondary N) is 1. The molecule has 0 aliphatic carbocycles. The highest BCUT2D eigenvalue weighted by atomic mass is 19.4. The topological polar surface area (TPSA) is 75.6 Å². The molecule has 8 heteroatoms. The maximum absolute atomic E-state index is 11.9. The van der Waals surface area contributed by atoms with E-state index in [1.807, 2.05) is 0 Å². The highest BCUT2D eigenvalue weighted by Crippen LogP contribution is 2.22. The van der Waals surface area contributed by atoms with Gasteiger partial charge in [-0.15, -0.1) is 13.2 Å². The molecule has 2 N–H and O–H groups in total. The van der Waals surface area contributed by atoms with E-state index in [0.29, 0.717) is 0 Å². The lowest BCUT2D eigenvalue weighted by Crippen LogP contribution is -2.38. The summed E-state index contributed by atoms with van der Waals surface area (Å²) >= 11 is 0. The molecule has 5 nitrogen and oxygen atoms in total. The van der Waals surface area contributed by atoms with Gasteiger partial charge in [0.15, 0.2) is 0 Å². The first-order chi connectivity index (χ1) is 8.69. The van der Waals surface area contributed by atoms with E-state index in [0.717, 1.165) is 24.3 Å². The molecule has 1 atom stereocenters. The van der Waals surface area contributed by atoms with Crippen LogP contribution in [0.5, 0.6) is 5.75 Å². The molecule has 104 valence electrons. The molecule has 1 aromatic rings. The molecule has 0 aliphatic rings. The second kappa shape index (κ2) is 5.59. The van der Waals surface area contributed by atoms with Crippen LogP contribution < -0.4 is 10.1 Å². The molecule has 0 heterocycles. The number of aliphatic carboxylic acids is 1. The summed E-state index contributed by atoms with van der Waals surface area (Å²) in [7, 11) is 0. The minimum Gasteiger partial charge on any atom is -0.480 e. The van der Waals surface area contributed by atoms with Crippen LogP contribution in [0.25, 0.3) is 0 Å². The van der Waals surface area contributed by atoms with Crippen LogP contribution in [-0.2, 0) is 4.79 Å². The van der Waals surface area contributed by atoms with Crippen molar-refractivity contribution in [3.05, 3.63) is 29.8 Å². The third-order valence-corrected chi connectivity index (χ3v) is 2.07. The Bertz CT molecular complexity index is 470. The lowest BCUT2D eigenvalue weighted by molar-refractivity contribution is -0.274. The van der Waals surface area contributed by atoms with Gasteiger partial charge in [-0.3, -0.25) is 9.59 Å². The van der Waals surface area contributed by atoms with E-state index in [2.05, 4.69) is 10.1 Å². The van der Waals surface area contributed by atoms with Gasteiger partial charge in [0.05, 0.1) is 0 Å². The van der Waals surface area contributed by atoms with Gasteiger partial charge in [-0.2, -0.15) is 0 Å². The van der Waals surface area contributed by atoms with Crippen LogP contribution in [0.3, 0.4) is 0 Å². The third-order valence-electron chi connectivity index (χ3n) is 2.07. The monoisotopic (exact) mass is 277 g/mol. The average Bonchev–Trinajstić information content (AvgIpc) is 2.27. The van der Waals surface area contributed by atoms with Gasteiger partial charge in [-0.25, -0.2) is 0 Å². The number of carboxylic acids is 1. The first kappa shape index (κ1) is 14.8. The molecule has 0 radical (unpaired) electrons. The van der Waals surface area contributed by atoms with E-state index in [4.69, 9.17) is 5.11 Å². The van der Waals surface area contributed by atoms with E-state index in [1.54, 1.807) is 0 Å². The Balaban J connectivity index is 2.71. The number of rotatable bonds is 4. The second-order valence-electron chi connectivity index (χ2n) is 3.61. The maximum atomic E-state index is 11.9. The van der Waals surface area contributed by atoms with Gasteiger partial charge < -0.3 is 15.2 Å². The van der Waals surface area contributed by atoms with Crippen LogP contribution in [0, 0.1) is 0 Å². The molecule has 1 aromatic carbocycles. The first-order valence-corrected chi connectivity index (χ1v) is 5.08. The fourth-order valence-corrected chi connectivity index (χ4v) is 1.15. The summed E-state index contributed by atoms with van der Waals surface area (Å²) in [5.41, 5.74) is 0.0302. The molecule has 0 aliphatic heterocycles. The lowest BCUT2D eigenvalue weighted by atomic mass is 10.2. The number of carboxylic acid groups (broad SMARTS) is 1. The first-order valence-electron chi connectivity index (χ1n) is 5.08. The van der Waals surface area contributed by atoms with Crippen LogP contribution in [0.1, 0.15) is 17.3 Å². The van der Waals surface area contributed by atoms with Gasteiger partial charge in [0.25, 0.3) is 5.91 Å². The Hall–Kier alpha value is -2.25. The number of ether oxygens (including phenoxy) is 1. The van der Waals surface area contributed by atoms with Crippen molar-refractivity contribution in [3.8, 4) is 5.75 Å². The molecule has 1 rings (SSSR count). The van der Waals surface area contributed by atoms with E-state index >= 15 is 0 Å². The molecule has 0 fully saturated rings. The Morgan fingerprint density at radius 1 is 1.26 bits per heavy atom. The van der Waals surface area contributed by atoms with Crippen molar-refractivity contribution >= 4 is 11.9 Å². The second-order valence-corrected chi connectivity index (χ2v) is 3.61. The van der Waals surface area contributed by atoms with E-state index in [1.165, 1.54) is 6.92 Å². The summed E-state index contributed by atoms with van der Waals surface area (Å²) in [6.07, 6.45) is -4.80. The van der Waals surface area contributed by atoms with E-state index in [9.17, 15) is 22.8 Å². The molecule has 0 saturated carbocycles. The van der Waals surface area contributed by atoms with Crippen LogP contribution >= 0.6 is 0 Å². The van der Waals surface area contributed by atoms with Gasteiger partial charge in [-0.05, 0) is 31.2 Å². The summed E-state index contributed by atoms with van der Waals surface area (Å²) in [6.45, 7) is 1.27. The van der Waals surface area contributed by atoms with Gasteiger partial charge in [0, 0.05) is 5.56 Å². The summed E-state index contributed by atoms with van der Waals surface area (Å²) in [5.74, 6) is -2.38. The summed E-state index contributed by atoms with van der Waals surface area (Å²) in [4.78, 5) is 22.0. The SMILES string of the molecule is C[C@H](NC(=O)c1ccc(OC(F)(F)F)cc1)C(=O)O. The summed E-state index contributed by atoms with van der Waals surface area (Å²) in [6, 6.07) is 3.04. The fraction of sp³-hybridized carbons (Fsp3) is 0.273.